The molecule has 0 bridgehead atoms. The van der Waals surface area contributed by atoms with Gasteiger partial charge in [-0.25, -0.2) is 8.42 Å². The number of Topliss-reactive ketones (excluding diaryl/α,β-unsaturated/α-hetero) is 1. The summed E-state index contributed by atoms with van der Waals surface area (Å²) in [4.78, 5) is 25.3. The van der Waals surface area contributed by atoms with Gasteiger partial charge in [-0.05, 0) is 38.5 Å². The van der Waals surface area contributed by atoms with Crippen molar-refractivity contribution in [2.45, 2.75) is 31.2 Å². The lowest BCUT2D eigenvalue weighted by Crippen LogP contribution is -2.17. The minimum absolute atomic E-state index is 0.0516. The maximum absolute atomic E-state index is 12.6. The summed E-state index contributed by atoms with van der Waals surface area (Å²) in [6, 6.07) is 8.76. The van der Waals surface area contributed by atoms with E-state index in [9.17, 15) is 18.0 Å². The number of esters is 1. The number of rotatable bonds is 7. The van der Waals surface area contributed by atoms with Gasteiger partial charge in [0.05, 0.1) is 22.3 Å². The molecule has 0 spiro atoms. The molecule has 1 aliphatic rings. The lowest BCUT2D eigenvalue weighted by Gasteiger charge is -2.16. The standard InChI is InChI=1S/C20H22ClNO5S2/c1-13-9-16(14(2)22(13)15-7-8-29(25,26)12-15)18(23)10-27-20(24)11-28-19-6-4-3-5-17(19)21/h3-6,9,15H,7-8,10-12H2,1-2H3. The van der Waals surface area contributed by atoms with Crippen molar-refractivity contribution >= 4 is 45.0 Å². The maximum atomic E-state index is 12.6. The molecule has 1 unspecified atom stereocenters. The molecule has 9 heteroatoms. The summed E-state index contributed by atoms with van der Waals surface area (Å²) in [6.07, 6.45) is 0.542. The highest BCUT2D eigenvalue weighted by Gasteiger charge is 2.31. The highest BCUT2D eigenvalue weighted by atomic mass is 35.5. The van der Waals surface area contributed by atoms with Gasteiger partial charge in [-0.15, -0.1) is 11.8 Å². The predicted molar refractivity (Wildman–Crippen MR) is 114 cm³/mol. The van der Waals surface area contributed by atoms with Gasteiger partial charge in [-0.2, -0.15) is 0 Å². The number of hydrogen-bond acceptors (Lipinski definition) is 6. The van der Waals surface area contributed by atoms with Crippen molar-refractivity contribution in [2.75, 3.05) is 23.9 Å². The van der Waals surface area contributed by atoms with Gasteiger partial charge in [0.1, 0.15) is 0 Å². The first kappa shape index (κ1) is 21.9. The number of hydrogen-bond donors (Lipinski definition) is 0. The van der Waals surface area contributed by atoms with Crippen LogP contribution in [0.25, 0.3) is 0 Å². The molecule has 156 valence electrons. The number of halogens is 1. The number of carbonyl (C=O) groups is 2. The summed E-state index contributed by atoms with van der Waals surface area (Å²) in [6.45, 7) is 3.29. The lowest BCUT2D eigenvalue weighted by atomic mass is 10.1. The number of benzene rings is 1. The first-order chi connectivity index (χ1) is 13.7. The van der Waals surface area contributed by atoms with Crippen LogP contribution in [0.1, 0.15) is 34.2 Å². The van der Waals surface area contributed by atoms with Gasteiger partial charge >= 0.3 is 5.97 Å². The SMILES string of the molecule is Cc1cc(C(=O)COC(=O)CSc2ccccc2Cl)c(C)n1C1CCS(=O)(=O)C1. The molecule has 1 fully saturated rings. The Morgan fingerprint density at radius 1 is 1.28 bits per heavy atom. The molecule has 1 aliphatic heterocycles. The Balaban J connectivity index is 1.59. The van der Waals surface area contributed by atoms with Crippen molar-refractivity contribution in [1.29, 1.82) is 0 Å². The van der Waals surface area contributed by atoms with Gasteiger partial charge in [-0.1, -0.05) is 23.7 Å². The molecule has 2 aromatic rings. The second-order valence-electron chi connectivity index (χ2n) is 7.01. The summed E-state index contributed by atoms with van der Waals surface area (Å²) in [5.74, 6) is -0.500. The normalized spacial score (nSPS) is 18.0. The van der Waals surface area contributed by atoms with Gasteiger partial charge in [-0.3, -0.25) is 9.59 Å². The van der Waals surface area contributed by atoms with Crippen LogP contribution in [0.4, 0.5) is 0 Å². The Morgan fingerprint density at radius 3 is 2.66 bits per heavy atom. The lowest BCUT2D eigenvalue weighted by molar-refractivity contribution is -0.139. The zero-order valence-electron chi connectivity index (χ0n) is 16.2. The van der Waals surface area contributed by atoms with E-state index in [0.717, 1.165) is 10.6 Å². The number of nitrogens with zero attached hydrogens (tertiary/aromatic N) is 1. The average Bonchev–Trinajstić information content (AvgIpc) is 3.17. The molecule has 0 amide bonds. The third-order valence-corrected chi connectivity index (χ3v) is 8.14. The van der Waals surface area contributed by atoms with E-state index in [1.165, 1.54) is 11.8 Å². The van der Waals surface area contributed by atoms with Gasteiger partial charge < -0.3 is 9.30 Å². The minimum atomic E-state index is -3.03. The first-order valence-corrected chi connectivity index (χ1v) is 12.3. The molecule has 2 heterocycles. The summed E-state index contributed by atoms with van der Waals surface area (Å²) in [5, 5.41) is 0.558. The van der Waals surface area contributed by atoms with Gasteiger partial charge in [0.25, 0.3) is 0 Å². The van der Waals surface area contributed by atoms with Crippen molar-refractivity contribution in [1.82, 2.24) is 4.57 Å². The molecule has 29 heavy (non-hydrogen) atoms. The van der Waals surface area contributed by atoms with Crippen LogP contribution < -0.4 is 0 Å². The van der Waals surface area contributed by atoms with E-state index in [1.807, 2.05) is 23.6 Å². The van der Waals surface area contributed by atoms with Crippen LogP contribution in [0.5, 0.6) is 0 Å². The van der Waals surface area contributed by atoms with Crippen molar-refractivity contribution in [2.24, 2.45) is 0 Å². The van der Waals surface area contributed by atoms with Crippen LogP contribution in [-0.4, -0.2) is 48.6 Å². The number of ether oxygens (including phenoxy) is 1. The Bertz CT molecular complexity index is 1050. The smallest absolute Gasteiger partial charge is 0.316 e. The number of aromatic nitrogens is 1. The number of ketones is 1. The molecule has 1 aromatic carbocycles. The Morgan fingerprint density at radius 2 is 2.00 bits per heavy atom. The Hall–Kier alpha value is -1.77. The maximum Gasteiger partial charge on any atom is 0.316 e. The van der Waals surface area contributed by atoms with E-state index in [-0.39, 0.29) is 35.7 Å². The fourth-order valence-corrected chi connectivity index (χ4v) is 6.30. The van der Waals surface area contributed by atoms with E-state index in [2.05, 4.69) is 0 Å². The van der Waals surface area contributed by atoms with Gasteiger partial charge in [0.15, 0.2) is 16.4 Å². The van der Waals surface area contributed by atoms with E-state index in [4.69, 9.17) is 16.3 Å². The van der Waals surface area contributed by atoms with Crippen molar-refractivity contribution in [3.63, 3.8) is 0 Å². The molecule has 1 saturated heterocycles. The summed E-state index contributed by atoms with van der Waals surface area (Å²) in [7, 11) is -3.03. The number of sulfone groups is 1. The van der Waals surface area contributed by atoms with Crippen molar-refractivity contribution < 1.29 is 22.7 Å². The molecule has 0 radical (unpaired) electrons. The van der Waals surface area contributed by atoms with E-state index < -0.39 is 15.8 Å². The number of thioether (sulfide) groups is 1. The molecule has 0 saturated carbocycles. The Kier molecular flexibility index (Phi) is 6.76. The van der Waals surface area contributed by atoms with Crippen LogP contribution in [0.2, 0.25) is 5.02 Å². The molecule has 1 aromatic heterocycles. The zero-order valence-corrected chi connectivity index (χ0v) is 18.6. The molecule has 0 N–H and O–H groups in total. The summed E-state index contributed by atoms with van der Waals surface area (Å²) in [5.41, 5.74) is 1.99. The molecule has 0 aliphatic carbocycles. The largest absolute Gasteiger partial charge is 0.457 e. The summed E-state index contributed by atoms with van der Waals surface area (Å²) < 4.78 is 30.6. The zero-order chi connectivity index (χ0) is 21.2. The summed E-state index contributed by atoms with van der Waals surface area (Å²) >= 11 is 7.30. The molecular formula is C20H22ClNO5S2. The Labute approximate surface area is 179 Å². The molecular weight excluding hydrogens is 434 g/mol. The van der Waals surface area contributed by atoms with Crippen LogP contribution in [0, 0.1) is 13.8 Å². The van der Waals surface area contributed by atoms with E-state index in [0.29, 0.717) is 22.7 Å². The van der Waals surface area contributed by atoms with E-state index in [1.54, 1.807) is 25.1 Å². The quantitative estimate of drug-likeness (QED) is 0.360. The van der Waals surface area contributed by atoms with E-state index >= 15 is 0 Å². The predicted octanol–water partition coefficient (Wildman–Crippen LogP) is 3.64. The second-order valence-corrected chi connectivity index (χ2v) is 10.7. The fraction of sp³-hybridized carbons (Fsp3) is 0.400. The monoisotopic (exact) mass is 455 g/mol. The van der Waals surface area contributed by atoms with Crippen LogP contribution in [-0.2, 0) is 19.4 Å². The van der Waals surface area contributed by atoms with Crippen LogP contribution >= 0.6 is 23.4 Å². The van der Waals surface area contributed by atoms with Gasteiger partial charge in [0.2, 0.25) is 5.78 Å². The van der Waals surface area contributed by atoms with Crippen molar-refractivity contribution in [3.05, 3.63) is 52.3 Å². The molecule has 6 nitrogen and oxygen atoms in total. The topological polar surface area (TPSA) is 82.4 Å². The molecule has 3 rings (SSSR count). The first-order valence-electron chi connectivity index (χ1n) is 9.13. The van der Waals surface area contributed by atoms with Crippen LogP contribution in [0.15, 0.2) is 35.2 Å². The fourth-order valence-electron chi connectivity index (χ4n) is 3.56. The second kappa shape index (κ2) is 8.93. The average molecular weight is 456 g/mol. The third kappa shape index (κ3) is 5.24. The minimum Gasteiger partial charge on any atom is -0.457 e. The number of aryl methyl sites for hydroxylation is 1. The molecule has 1 atom stereocenters. The van der Waals surface area contributed by atoms with Crippen LogP contribution in [0.3, 0.4) is 0 Å². The number of carbonyl (C=O) groups excluding carboxylic acids is 2. The highest BCUT2D eigenvalue weighted by molar-refractivity contribution is 8.00. The highest BCUT2D eigenvalue weighted by Crippen LogP contribution is 2.29. The van der Waals surface area contributed by atoms with Crippen molar-refractivity contribution in [3.8, 4) is 0 Å². The third-order valence-electron chi connectivity index (χ3n) is 4.90. The van der Waals surface area contributed by atoms with Gasteiger partial charge in [0, 0.05) is 27.9 Å².